The van der Waals surface area contributed by atoms with E-state index in [0.29, 0.717) is 17.9 Å². The fourth-order valence-electron chi connectivity index (χ4n) is 2.98. The van der Waals surface area contributed by atoms with Crippen molar-refractivity contribution in [1.29, 1.82) is 0 Å². The smallest absolute Gasteiger partial charge is 0.227 e. The van der Waals surface area contributed by atoms with E-state index in [0.717, 1.165) is 37.6 Å². The summed E-state index contributed by atoms with van der Waals surface area (Å²) in [5, 5.41) is 9.01. The molecule has 0 amide bonds. The highest BCUT2D eigenvalue weighted by Gasteiger charge is 2.43. The van der Waals surface area contributed by atoms with Crippen LogP contribution in [-0.2, 0) is 0 Å². The van der Waals surface area contributed by atoms with E-state index in [4.69, 9.17) is 10.8 Å². The van der Waals surface area contributed by atoms with Gasteiger partial charge in [0.05, 0.1) is 6.61 Å². The summed E-state index contributed by atoms with van der Waals surface area (Å²) in [7, 11) is 0. The Bertz CT molecular complexity index is 452. The van der Waals surface area contributed by atoms with E-state index in [9.17, 15) is 0 Å². The molecule has 0 radical (unpaired) electrons. The lowest BCUT2D eigenvalue weighted by molar-refractivity contribution is 0.176. The van der Waals surface area contributed by atoms with Crippen molar-refractivity contribution < 1.29 is 5.11 Å². The second-order valence-electron chi connectivity index (χ2n) is 5.15. The molecule has 3 rings (SSSR count). The van der Waals surface area contributed by atoms with Crippen LogP contribution < -0.4 is 10.6 Å². The summed E-state index contributed by atoms with van der Waals surface area (Å²) in [5.41, 5.74) is 6.76. The Hall–Kier alpha value is -1.40. The van der Waals surface area contributed by atoms with Crippen molar-refractivity contribution >= 4 is 11.8 Å². The van der Waals surface area contributed by atoms with Crippen molar-refractivity contribution in [3.05, 3.63) is 11.8 Å². The number of fused-ring (bicyclic) bond motifs is 2. The highest BCUT2D eigenvalue weighted by atomic mass is 16.3. The maximum atomic E-state index is 9.01. The number of nitrogens with two attached hydrogens (primary N) is 1. The van der Waals surface area contributed by atoms with Crippen LogP contribution in [0.1, 0.15) is 12.0 Å². The van der Waals surface area contributed by atoms with Crippen molar-refractivity contribution in [2.24, 2.45) is 0 Å². The third-order valence-electron chi connectivity index (χ3n) is 4.00. The Kier molecular flexibility index (Phi) is 2.83. The van der Waals surface area contributed by atoms with Crippen LogP contribution in [0.25, 0.3) is 0 Å². The number of piperazine rings is 1. The number of β-amino-alcohol motifs (C(OH)–C–C–N with tert-alkyl or cyclic N) is 1. The van der Waals surface area contributed by atoms with Gasteiger partial charge in [-0.15, -0.1) is 0 Å². The van der Waals surface area contributed by atoms with Gasteiger partial charge in [0, 0.05) is 43.5 Å². The summed E-state index contributed by atoms with van der Waals surface area (Å²) < 4.78 is 0. The summed E-state index contributed by atoms with van der Waals surface area (Å²) in [6.45, 7) is 4.84. The van der Waals surface area contributed by atoms with Gasteiger partial charge in [0.25, 0.3) is 0 Å². The van der Waals surface area contributed by atoms with Crippen LogP contribution in [0.2, 0.25) is 0 Å². The molecule has 98 valence electrons. The number of aromatic nitrogens is 2. The monoisotopic (exact) mass is 249 g/mol. The molecular formula is C12H19N5O. The van der Waals surface area contributed by atoms with Crippen molar-refractivity contribution in [1.82, 2.24) is 14.9 Å². The predicted molar refractivity (Wildman–Crippen MR) is 69.4 cm³/mol. The number of aliphatic hydroxyl groups is 1. The first-order valence-electron chi connectivity index (χ1n) is 6.39. The number of hydrogen-bond donors (Lipinski definition) is 2. The molecule has 2 aliphatic rings. The molecule has 2 atom stereocenters. The zero-order chi connectivity index (χ0) is 12.7. The van der Waals surface area contributed by atoms with E-state index in [2.05, 4.69) is 19.8 Å². The van der Waals surface area contributed by atoms with Gasteiger partial charge in [-0.05, 0) is 13.3 Å². The minimum Gasteiger partial charge on any atom is -0.395 e. The van der Waals surface area contributed by atoms with Gasteiger partial charge in [0.2, 0.25) is 5.95 Å². The van der Waals surface area contributed by atoms with E-state index >= 15 is 0 Å². The van der Waals surface area contributed by atoms with Crippen LogP contribution in [0.4, 0.5) is 11.8 Å². The van der Waals surface area contributed by atoms with Gasteiger partial charge >= 0.3 is 0 Å². The molecule has 18 heavy (non-hydrogen) atoms. The molecule has 0 unspecified atom stereocenters. The molecule has 2 saturated heterocycles. The van der Waals surface area contributed by atoms with Crippen LogP contribution in [-0.4, -0.2) is 58.3 Å². The minimum atomic E-state index is 0.233. The number of aliphatic hydroxyl groups excluding tert-OH is 1. The van der Waals surface area contributed by atoms with Gasteiger partial charge in [-0.1, -0.05) is 0 Å². The number of nitrogens with zero attached hydrogens (tertiary/aromatic N) is 4. The van der Waals surface area contributed by atoms with Crippen LogP contribution in [0, 0.1) is 6.92 Å². The molecule has 0 spiro atoms. The van der Waals surface area contributed by atoms with Gasteiger partial charge < -0.3 is 15.7 Å². The average molecular weight is 249 g/mol. The second kappa shape index (κ2) is 4.37. The lowest BCUT2D eigenvalue weighted by Gasteiger charge is -2.33. The fraction of sp³-hybridized carbons (Fsp3) is 0.667. The van der Waals surface area contributed by atoms with Gasteiger partial charge in [-0.2, -0.15) is 4.98 Å². The zero-order valence-electron chi connectivity index (χ0n) is 10.6. The van der Waals surface area contributed by atoms with Crippen molar-refractivity contribution in [2.45, 2.75) is 25.4 Å². The molecule has 1 aromatic heterocycles. The fourth-order valence-corrected chi connectivity index (χ4v) is 2.98. The third kappa shape index (κ3) is 1.81. The molecule has 0 aliphatic carbocycles. The Morgan fingerprint density at radius 3 is 2.89 bits per heavy atom. The van der Waals surface area contributed by atoms with Crippen LogP contribution >= 0.6 is 0 Å². The molecule has 3 N–H and O–H groups in total. The predicted octanol–water partition coefficient (Wildman–Crippen LogP) is -0.378. The largest absolute Gasteiger partial charge is 0.395 e. The summed E-state index contributed by atoms with van der Waals surface area (Å²) in [4.78, 5) is 13.3. The van der Waals surface area contributed by atoms with E-state index in [1.54, 1.807) is 6.20 Å². The molecule has 2 bridgehead atoms. The van der Waals surface area contributed by atoms with Gasteiger partial charge in [0.1, 0.15) is 5.82 Å². The first-order valence-corrected chi connectivity index (χ1v) is 6.39. The first-order chi connectivity index (χ1) is 8.69. The van der Waals surface area contributed by atoms with Crippen LogP contribution in [0.5, 0.6) is 0 Å². The first kappa shape index (κ1) is 11.7. The third-order valence-corrected chi connectivity index (χ3v) is 4.00. The second-order valence-corrected chi connectivity index (χ2v) is 5.15. The van der Waals surface area contributed by atoms with Crippen molar-refractivity contribution in [3.8, 4) is 0 Å². The molecule has 3 heterocycles. The Balaban J connectivity index is 1.75. The summed E-state index contributed by atoms with van der Waals surface area (Å²) in [6, 6.07) is 0.983. The summed E-state index contributed by atoms with van der Waals surface area (Å²) >= 11 is 0. The lowest BCUT2D eigenvalue weighted by atomic mass is 10.2. The highest BCUT2D eigenvalue weighted by Crippen LogP contribution is 2.32. The molecule has 0 aromatic carbocycles. The van der Waals surface area contributed by atoms with E-state index in [1.165, 1.54) is 0 Å². The van der Waals surface area contributed by atoms with Crippen LogP contribution in [0.15, 0.2) is 6.20 Å². The molecule has 2 aliphatic heterocycles. The minimum absolute atomic E-state index is 0.233. The SMILES string of the molecule is Cc1cnc(N2C[C@@H]3C[C@H]2CN3CCO)nc1N. The van der Waals surface area contributed by atoms with Crippen molar-refractivity contribution in [3.63, 3.8) is 0 Å². The molecule has 0 saturated carbocycles. The maximum Gasteiger partial charge on any atom is 0.227 e. The van der Waals surface area contributed by atoms with Crippen LogP contribution in [0.3, 0.4) is 0 Å². The summed E-state index contributed by atoms with van der Waals surface area (Å²) in [6.07, 6.45) is 2.92. The Morgan fingerprint density at radius 1 is 1.44 bits per heavy atom. The number of hydrogen-bond acceptors (Lipinski definition) is 6. The molecular weight excluding hydrogens is 230 g/mol. The standard InChI is InChI=1S/C12H19N5O/c1-8-5-14-12(15-11(8)13)17-7-9-4-10(17)6-16(9)2-3-18/h5,9-10,18H,2-4,6-7H2,1H3,(H2,13,14,15)/t9-,10-/m0/s1. The molecule has 2 fully saturated rings. The number of nitrogen functional groups attached to an aromatic ring is 1. The lowest BCUT2D eigenvalue weighted by Crippen LogP contribution is -2.47. The molecule has 1 aromatic rings. The van der Waals surface area contributed by atoms with E-state index in [1.807, 2.05) is 6.92 Å². The van der Waals surface area contributed by atoms with E-state index in [-0.39, 0.29) is 6.61 Å². The van der Waals surface area contributed by atoms with Gasteiger partial charge in [-0.3, -0.25) is 4.90 Å². The Labute approximate surface area is 106 Å². The average Bonchev–Trinajstić information content (AvgIpc) is 2.92. The molecule has 6 nitrogen and oxygen atoms in total. The van der Waals surface area contributed by atoms with Crippen molar-refractivity contribution in [2.75, 3.05) is 36.9 Å². The number of anilines is 2. The molecule has 6 heteroatoms. The number of likely N-dealkylation sites (tertiary alicyclic amines) is 1. The Morgan fingerprint density at radius 2 is 2.28 bits per heavy atom. The van der Waals surface area contributed by atoms with E-state index < -0.39 is 0 Å². The zero-order valence-corrected chi connectivity index (χ0v) is 10.6. The normalized spacial score (nSPS) is 27.1. The topological polar surface area (TPSA) is 78.5 Å². The number of rotatable bonds is 3. The van der Waals surface area contributed by atoms with Gasteiger partial charge in [-0.25, -0.2) is 4.98 Å². The highest BCUT2D eigenvalue weighted by molar-refractivity contribution is 5.45. The van der Waals surface area contributed by atoms with Gasteiger partial charge in [0.15, 0.2) is 0 Å². The number of aryl methyl sites for hydroxylation is 1. The summed E-state index contributed by atoms with van der Waals surface area (Å²) in [5.74, 6) is 1.31. The quantitative estimate of drug-likeness (QED) is 0.760. The maximum absolute atomic E-state index is 9.01.